The first-order valence-corrected chi connectivity index (χ1v) is 9.99. The molecule has 4 rings (SSSR count). The molecule has 4 nitrogen and oxygen atoms in total. The molecule has 0 amide bonds. The Morgan fingerprint density at radius 2 is 1.89 bits per heavy atom. The van der Waals surface area contributed by atoms with E-state index in [-0.39, 0.29) is 5.78 Å². The van der Waals surface area contributed by atoms with E-state index in [0.29, 0.717) is 16.6 Å². The third kappa shape index (κ3) is 3.04. The zero-order chi connectivity index (χ0) is 20.0. The molecule has 1 saturated heterocycles. The third-order valence-corrected chi connectivity index (χ3v) is 6.20. The van der Waals surface area contributed by atoms with Crippen molar-refractivity contribution in [2.24, 2.45) is 0 Å². The Bertz CT molecular complexity index is 936. The quantitative estimate of drug-likeness (QED) is 0.467. The number of hydrogen-bond acceptors (Lipinski definition) is 3. The zero-order valence-electron chi connectivity index (χ0n) is 17.1. The number of carbonyl (C=O) groups is 1. The molecule has 1 atom stereocenters. The van der Waals surface area contributed by atoms with Crippen LogP contribution in [0.1, 0.15) is 41.8 Å². The maximum atomic E-state index is 12.4. The van der Waals surface area contributed by atoms with Gasteiger partial charge in [-0.05, 0) is 31.1 Å². The fourth-order valence-corrected chi connectivity index (χ4v) is 4.66. The van der Waals surface area contributed by atoms with Crippen LogP contribution in [-0.4, -0.2) is 44.1 Å². The number of carbonyl (C=O) groups excluding carboxylic acids is 1. The van der Waals surface area contributed by atoms with Crippen molar-refractivity contribution in [3.05, 3.63) is 71.3 Å². The second-order valence-corrected chi connectivity index (χ2v) is 8.94. The van der Waals surface area contributed by atoms with Crippen molar-refractivity contribution in [3.8, 4) is 0 Å². The Morgan fingerprint density at radius 1 is 1.14 bits per heavy atom. The third-order valence-electron chi connectivity index (χ3n) is 6.20. The van der Waals surface area contributed by atoms with E-state index in [0.717, 1.165) is 24.0 Å². The smallest absolute Gasteiger partial charge is 0.503 e. The van der Waals surface area contributed by atoms with Gasteiger partial charge in [-0.3, -0.25) is 4.79 Å². The minimum Gasteiger partial charge on any atom is -0.509 e. The van der Waals surface area contributed by atoms with E-state index in [9.17, 15) is 4.79 Å². The molecular weight excluding hydrogens is 349 g/mol. The first-order chi connectivity index (χ1) is 13.3. The molecule has 146 valence electrons. The van der Waals surface area contributed by atoms with Crippen LogP contribution in [0.3, 0.4) is 0 Å². The summed E-state index contributed by atoms with van der Waals surface area (Å²) in [7, 11) is 4.37. The Kier molecular flexibility index (Phi) is 4.57. The predicted molar refractivity (Wildman–Crippen MR) is 113 cm³/mol. The highest BCUT2D eigenvalue weighted by Gasteiger charge is 2.58. The van der Waals surface area contributed by atoms with Crippen molar-refractivity contribution < 1.29 is 18.5 Å². The lowest BCUT2D eigenvalue weighted by atomic mass is 9.58. The van der Waals surface area contributed by atoms with Crippen LogP contribution in [0.5, 0.6) is 0 Å². The van der Waals surface area contributed by atoms with Crippen LogP contribution in [0.4, 0.5) is 0 Å². The van der Waals surface area contributed by atoms with Gasteiger partial charge in [0.25, 0.3) is 0 Å². The van der Waals surface area contributed by atoms with Crippen LogP contribution in [0, 0.1) is 0 Å². The number of hydrogen-bond donors (Lipinski definition) is 0. The summed E-state index contributed by atoms with van der Waals surface area (Å²) in [4.78, 5) is 12.4. The summed E-state index contributed by atoms with van der Waals surface area (Å²) in [5.74, 6) is 0.00271. The summed E-state index contributed by atoms with van der Waals surface area (Å²) in [6.07, 6.45) is 4.55. The largest absolute Gasteiger partial charge is 0.509 e. The Labute approximate surface area is 167 Å². The lowest BCUT2D eigenvalue weighted by Gasteiger charge is -2.56. The molecule has 2 heterocycles. The molecule has 0 radical (unpaired) electrons. The summed E-state index contributed by atoms with van der Waals surface area (Å²) in [5, 5.41) is 0. The molecule has 0 aliphatic carbocycles. The van der Waals surface area contributed by atoms with Crippen LogP contribution in [0.25, 0.3) is 6.08 Å². The number of fused-ring (bicyclic) bond motifs is 2. The van der Waals surface area contributed by atoms with Gasteiger partial charge in [-0.25, -0.2) is 0 Å². The Hall–Kier alpha value is -2.21. The van der Waals surface area contributed by atoms with Crippen LogP contribution in [0.2, 0.25) is 0 Å². The minimum absolute atomic E-state index is 0.00271. The zero-order valence-corrected chi connectivity index (χ0v) is 17.1. The molecule has 0 saturated carbocycles. The number of allylic oxidation sites excluding steroid dienone is 1. The summed E-state index contributed by atoms with van der Waals surface area (Å²) >= 11 is 0. The van der Waals surface area contributed by atoms with Gasteiger partial charge in [-0.1, -0.05) is 60.1 Å². The summed E-state index contributed by atoms with van der Waals surface area (Å²) in [6.45, 7) is 4.31. The molecule has 1 fully saturated rings. The first kappa shape index (κ1) is 19.1. The average Bonchev–Trinajstić information content (AvgIpc) is 2.91. The molecule has 2 aliphatic rings. The van der Waals surface area contributed by atoms with Crippen molar-refractivity contribution in [3.63, 3.8) is 0 Å². The lowest BCUT2D eigenvalue weighted by molar-refractivity contribution is -0.813. The summed E-state index contributed by atoms with van der Waals surface area (Å²) < 4.78 is 13.7. The average molecular weight is 377 g/mol. The van der Waals surface area contributed by atoms with E-state index < -0.39 is 12.3 Å². The second-order valence-electron chi connectivity index (χ2n) is 8.94. The number of benzene rings is 2. The molecule has 28 heavy (non-hydrogen) atoms. The highest BCUT2D eigenvalue weighted by molar-refractivity contribution is 6.76. The van der Waals surface area contributed by atoms with Gasteiger partial charge in [-0.2, -0.15) is 0 Å². The highest BCUT2D eigenvalue weighted by atomic mass is 16.6. The number of rotatable bonds is 3. The van der Waals surface area contributed by atoms with E-state index in [1.54, 1.807) is 6.08 Å². The molecule has 2 aliphatic heterocycles. The van der Waals surface area contributed by atoms with Crippen LogP contribution in [-0.2, 0) is 14.9 Å². The predicted octanol–water partition coefficient (Wildman–Crippen LogP) is 3.49. The second kappa shape index (κ2) is 6.69. The topological polar surface area (TPSA) is 35.5 Å². The van der Waals surface area contributed by atoms with E-state index >= 15 is 0 Å². The van der Waals surface area contributed by atoms with Crippen LogP contribution >= 0.6 is 0 Å². The van der Waals surface area contributed by atoms with Gasteiger partial charge in [-0.15, -0.1) is 0 Å². The fraction of sp³-hybridized carbons (Fsp3) is 0.348. The highest BCUT2D eigenvalue weighted by Crippen LogP contribution is 2.41. The summed E-state index contributed by atoms with van der Waals surface area (Å²) in [5.41, 5.74) is 3.58. The van der Waals surface area contributed by atoms with Crippen molar-refractivity contribution in [2.75, 3.05) is 27.2 Å². The van der Waals surface area contributed by atoms with Crippen LogP contribution in [0.15, 0.2) is 54.6 Å². The van der Waals surface area contributed by atoms with Gasteiger partial charge in [0.05, 0.1) is 0 Å². The van der Waals surface area contributed by atoms with Gasteiger partial charge < -0.3 is 13.7 Å². The van der Waals surface area contributed by atoms with Gasteiger partial charge >= 0.3 is 6.69 Å². The molecule has 2 aromatic carbocycles. The SMILES string of the molecule is CC1(C)O[B-]2(OCCC[N+]2(C)C)c2cc(/C=C/C(=O)c3ccccc3)ccc21. The van der Waals surface area contributed by atoms with E-state index in [4.69, 9.17) is 9.31 Å². The molecule has 5 heteroatoms. The number of quaternary nitrogens is 1. The van der Waals surface area contributed by atoms with Gasteiger partial charge in [0.2, 0.25) is 0 Å². The van der Waals surface area contributed by atoms with Crippen molar-refractivity contribution >= 4 is 24.0 Å². The molecule has 0 bridgehead atoms. The summed E-state index contributed by atoms with van der Waals surface area (Å²) in [6, 6.07) is 15.6. The maximum Gasteiger partial charge on any atom is 0.503 e. The Balaban J connectivity index is 1.72. The normalized spacial score (nSPS) is 25.1. The standard InChI is InChI=1S/C23H28BNO3/c1-23(2)20-13-11-18(12-14-22(26)19-9-6-5-7-10-19)17-21(20)24(28-23)25(3,4)15-8-16-27-24/h5-7,9-14,17H,8,15-16H2,1-4H3/b14-12+. The van der Waals surface area contributed by atoms with Crippen LogP contribution < -0.4 is 5.46 Å². The van der Waals surface area contributed by atoms with Gasteiger partial charge in [0.15, 0.2) is 5.78 Å². The first-order valence-electron chi connectivity index (χ1n) is 9.99. The number of ketones is 1. The fourth-order valence-electron chi connectivity index (χ4n) is 4.66. The molecule has 1 unspecified atom stereocenters. The molecule has 0 N–H and O–H groups in total. The molecular formula is C23H28BNO3. The molecule has 2 aromatic rings. The monoisotopic (exact) mass is 377 g/mol. The Morgan fingerprint density at radius 3 is 2.61 bits per heavy atom. The van der Waals surface area contributed by atoms with Gasteiger partial charge in [0, 0.05) is 44.8 Å². The van der Waals surface area contributed by atoms with E-state index in [2.05, 4.69) is 46.1 Å². The molecule has 1 spiro atoms. The van der Waals surface area contributed by atoms with Crippen molar-refractivity contribution in [2.45, 2.75) is 25.9 Å². The van der Waals surface area contributed by atoms with E-state index in [1.807, 2.05) is 36.4 Å². The van der Waals surface area contributed by atoms with Crippen molar-refractivity contribution in [1.29, 1.82) is 0 Å². The van der Waals surface area contributed by atoms with E-state index in [1.165, 1.54) is 5.56 Å². The van der Waals surface area contributed by atoms with Crippen molar-refractivity contribution in [1.82, 2.24) is 0 Å². The molecule has 0 aromatic heterocycles. The maximum absolute atomic E-state index is 12.4. The lowest BCUT2D eigenvalue weighted by Crippen LogP contribution is -2.75. The van der Waals surface area contributed by atoms with Gasteiger partial charge in [0.1, 0.15) is 0 Å². The number of nitrogens with zero attached hydrogens (tertiary/aromatic N) is 1. The minimum atomic E-state index is -1.63.